The Hall–Kier alpha value is -0.580. The molecule has 1 rings (SSSR count). The zero-order valence-electron chi connectivity index (χ0n) is 10.6. The fourth-order valence-corrected chi connectivity index (χ4v) is 1.81. The Morgan fingerprint density at radius 2 is 1.94 bits per heavy atom. The fraction of sp³-hybridized carbons (Fsp3) is 0.538. The smallest absolute Gasteiger partial charge is 0.120 e. The number of hydrogen-bond acceptors (Lipinski definition) is 3. The van der Waals surface area contributed by atoms with Crippen LogP contribution in [0.4, 0.5) is 0 Å². The van der Waals surface area contributed by atoms with Crippen LogP contribution in [-0.2, 0) is 11.3 Å². The lowest BCUT2D eigenvalue weighted by molar-refractivity contribution is -0.0163. The summed E-state index contributed by atoms with van der Waals surface area (Å²) in [5, 5.41) is 0. The van der Waals surface area contributed by atoms with Crippen molar-refractivity contribution in [3.05, 3.63) is 28.2 Å². The van der Waals surface area contributed by atoms with Crippen molar-refractivity contribution in [1.82, 2.24) is 0 Å². The summed E-state index contributed by atoms with van der Waals surface area (Å²) in [5.41, 5.74) is 6.53. The molecule has 3 nitrogen and oxygen atoms in total. The Balaban J connectivity index is 2.40. The summed E-state index contributed by atoms with van der Waals surface area (Å²) < 4.78 is 12.1. The van der Waals surface area contributed by atoms with Gasteiger partial charge in [-0.2, -0.15) is 0 Å². The van der Waals surface area contributed by atoms with Crippen LogP contribution in [0.2, 0.25) is 0 Å². The van der Waals surface area contributed by atoms with Crippen LogP contribution in [0.15, 0.2) is 22.7 Å². The lowest BCUT2D eigenvalue weighted by Crippen LogP contribution is -2.22. The summed E-state index contributed by atoms with van der Waals surface area (Å²) in [6, 6.07) is 5.81. The van der Waals surface area contributed by atoms with E-state index in [0.29, 0.717) is 19.8 Å². The van der Waals surface area contributed by atoms with E-state index in [1.807, 2.05) is 39.0 Å². The molecule has 1 aromatic rings. The summed E-state index contributed by atoms with van der Waals surface area (Å²) in [5.74, 6) is 0.826. The first-order valence-electron chi connectivity index (χ1n) is 5.67. The quantitative estimate of drug-likeness (QED) is 0.850. The molecule has 17 heavy (non-hydrogen) atoms. The van der Waals surface area contributed by atoms with Crippen molar-refractivity contribution in [1.29, 1.82) is 0 Å². The standard InChI is InChI=1S/C13H20BrNO2/c1-13(2,3)17-7-6-16-11-5-4-10(9-15)12(14)8-11/h4-5,8H,6-7,9,15H2,1-3H3. The molecule has 0 saturated heterocycles. The first kappa shape index (κ1) is 14.5. The van der Waals surface area contributed by atoms with Gasteiger partial charge in [0, 0.05) is 11.0 Å². The lowest BCUT2D eigenvalue weighted by atomic mass is 10.2. The van der Waals surface area contributed by atoms with Crippen LogP contribution in [0, 0.1) is 0 Å². The van der Waals surface area contributed by atoms with Crippen LogP contribution in [0.3, 0.4) is 0 Å². The van der Waals surface area contributed by atoms with Crippen molar-refractivity contribution in [2.45, 2.75) is 32.9 Å². The highest BCUT2D eigenvalue weighted by Crippen LogP contribution is 2.22. The van der Waals surface area contributed by atoms with Crippen molar-refractivity contribution in [2.75, 3.05) is 13.2 Å². The molecule has 4 heteroatoms. The highest BCUT2D eigenvalue weighted by molar-refractivity contribution is 9.10. The molecule has 0 amide bonds. The molecular formula is C13H20BrNO2. The third kappa shape index (κ3) is 5.52. The summed E-state index contributed by atoms with van der Waals surface area (Å²) in [6.45, 7) is 7.73. The maximum atomic E-state index is 5.59. The minimum atomic E-state index is -0.118. The zero-order chi connectivity index (χ0) is 12.9. The Kier molecular flexibility index (Phi) is 5.43. The van der Waals surface area contributed by atoms with Gasteiger partial charge in [-0.15, -0.1) is 0 Å². The van der Waals surface area contributed by atoms with E-state index in [0.717, 1.165) is 15.8 Å². The van der Waals surface area contributed by atoms with Crippen molar-refractivity contribution >= 4 is 15.9 Å². The van der Waals surface area contributed by atoms with E-state index in [1.165, 1.54) is 0 Å². The summed E-state index contributed by atoms with van der Waals surface area (Å²) in [6.07, 6.45) is 0. The molecule has 0 aliphatic carbocycles. The van der Waals surface area contributed by atoms with E-state index >= 15 is 0 Å². The Morgan fingerprint density at radius 3 is 2.47 bits per heavy atom. The van der Waals surface area contributed by atoms with Gasteiger partial charge in [0.15, 0.2) is 0 Å². The monoisotopic (exact) mass is 301 g/mol. The molecule has 0 unspecified atom stereocenters. The maximum absolute atomic E-state index is 5.59. The molecule has 0 spiro atoms. The number of nitrogens with two attached hydrogens (primary N) is 1. The lowest BCUT2D eigenvalue weighted by Gasteiger charge is -2.19. The minimum Gasteiger partial charge on any atom is -0.491 e. The van der Waals surface area contributed by atoms with Crippen LogP contribution in [0.1, 0.15) is 26.3 Å². The van der Waals surface area contributed by atoms with Gasteiger partial charge in [0.25, 0.3) is 0 Å². The van der Waals surface area contributed by atoms with E-state index in [-0.39, 0.29) is 5.60 Å². The predicted molar refractivity (Wildman–Crippen MR) is 73.2 cm³/mol. The van der Waals surface area contributed by atoms with Gasteiger partial charge in [0.2, 0.25) is 0 Å². The number of halogens is 1. The van der Waals surface area contributed by atoms with E-state index in [1.54, 1.807) is 0 Å². The first-order chi connectivity index (χ1) is 7.92. The molecule has 0 atom stereocenters. The van der Waals surface area contributed by atoms with Gasteiger partial charge in [-0.25, -0.2) is 0 Å². The van der Waals surface area contributed by atoms with Gasteiger partial charge < -0.3 is 15.2 Å². The van der Waals surface area contributed by atoms with Crippen molar-refractivity contribution in [2.24, 2.45) is 5.73 Å². The summed E-state index contributed by atoms with van der Waals surface area (Å²) in [7, 11) is 0. The zero-order valence-corrected chi connectivity index (χ0v) is 12.2. The molecule has 1 aromatic carbocycles. The molecule has 96 valence electrons. The van der Waals surface area contributed by atoms with E-state index in [2.05, 4.69) is 15.9 Å². The van der Waals surface area contributed by atoms with E-state index in [9.17, 15) is 0 Å². The van der Waals surface area contributed by atoms with Crippen LogP contribution < -0.4 is 10.5 Å². The molecule has 0 radical (unpaired) electrons. The molecule has 0 aliphatic heterocycles. The Labute approximate surface area is 111 Å². The van der Waals surface area contributed by atoms with Gasteiger partial charge >= 0.3 is 0 Å². The highest BCUT2D eigenvalue weighted by atomic mass is 79.9. The number of benzene rings is 1. The molecule has 0 saturated carbocycles. The van der Waals surface area contributed by atoms with Crippen LogP contribution >= 0.6 is 15.9 Å². The van der Waals surface area contributed by atoms with Gasteiger partial charge in [-0.3, -0.25) is 0 Å². The van der Waals surface area contributed by atoms with Gasteiger partial charge in [0.1, 0.15) is 12.4 Å². The van der Waals surface area contributed by atoms with Crippen LogP contribution in [-0.4, -0.2) is 18.8 Å². The van der Waals surface area contributed by atoms with Gasteiger partial charge in [0.05, 0.1) is 12.2 Å². The minimum absolute atomic E-state index is 0.118. The van der Waals surface area contributed by atoms with E-state index < -0.39 is 0 Å². The Morgan fingerprint density at radius 1 is 1.24 bits per heavy atom. The normalized spacial score (nSPS) is 11.6. The van der Waals surface area contributed by atoms with Crippen LogP contribution in [0.5, 0.6) is 5.75 Å². The number of rotatable bonds is 5. The highest BCUT2D eigenvalue weighted by Gasteiger charge is 2.09. The molecule has 0 bridgehead atoms. The molecule has 0 aromatic heterocycles. The van der Waals surface area contributed by atoms with Crippen molar-refractivity contribution < 1.29 is 9.47 Å². The summed E-state index contributed by atoms with van der Waals surface area (Å²) >= 11 is 3.46. The fourth-order valence-electron chi connectivity index (χ4n) is 1.29. The Bertz CT molecular complexity index is 361. The third-order valence-corrected chi connectivity index (χ3v) is 2.87. The SMILES string of the molecule is CC(C)(C)OCCOc1ccc(CN)c(Br)c1. The molecule has 0 fully saturated rings. The second-order valence-corrected chi connectivity index (χ2v) is 5.62. The average Bonchev–Trinajstić information content (AvgIpc) is 2.23. The van der Waals surface area contributed by atoms with Crippen molar-refractivity contribution in [3.8, 4) is 5.75 Å². The average molecular weight is 302 g/mol. The van der Waals surface area contributed by atoms with Crippen molar-refractivity contribution in [3.63, 3.8) is 0 Å². The van der Waals surface area contributed by atoms with Gasteiger partial charge in [-0.1, -0.05) is 22.0 Å². The van der Waals surface area contributed by atoms with E-state index in [4.69, 9.17) is 15.2 Å². The molecule has 0 aliphatic rings. The predicted octanol–water partition coefficient (Wildman–Crippen LogP) is 3.10. The third-order valence-electron chi connectivity index (χ3n) is 2.13. The topological polar surface area (TPSA) is 44.5 Å². The first-order valence-corrected chi connectivity index (χ1v) is 6.47. The largest absolute Gasteiger partial charge is 0.491 e. The van der Waals surface area contributed by atoms with Crippen LogP contribution in [0.25, 0.3) is 0 Å². The second-order valence-electron chi connectivity index (χ2n) is 4.77. The number of ether oxygens (including phenoxy) is 2. The summed E-state index contributed by atoms with van der Waals surface area (Å²) in [4.78, 5) is 0. The maximum Gasteiger partial charge on any atom is 0.120 e. The second kappa shape index (κ2) is 6.38. The molecule has 0 heterocycles. The van der Waals surface area contributed by atoms with Gasteiger partial charge in [-0.05, 0) is 38.5 Å². The number of hydrogen-bond donors (Lipinski definition) is 1. The molecular weight excluding hydrogens is 282 g/mol. The molecule has 2 N–H and O–H groups in total.